The van der Waals surface area contributed by atoms with Gasteiger partial charge in [0.15, 0.2) is 28.6 Å². The third kappa shape index (κ3) is 6.42. The van der Waals surface area contributed by atoms with Crippen LogP contribution < -0.4 is 19.5 Å². The first kappa shape index (κ1) is 31.8. The monoisotopic (exact) mass is 718 g/mol. The number of hydrogen-bond acceptors (Lipinski definition) is 9. The maximum absolute atomic E-state index is 14.3. The van der Waals surface area contributed by atoms with E-state index < -0.39 is 30.1 Å². The molecule has 1 fully saturated rings. The van der Waals surface area contributed by atoms with E-state index in [-0.39, 0.29) is 42.9 Å². The van der Waals surface area contributed by atoms with E-state index >= 15 is 0 Å². The molecule has 2 amide bonds. The van der Waals surface area contributed by atoms with Crippen LogP contribution in [0.1, 0.15) is 53.0 Å². The zero-order valence-corrected chi connectivity index (χ0v) is 26.6. The van der Waals surface area contributed by atoms with Crippen molar-refractivity contribution in [2.45, 2.75) is 56.4 Å². The van der Waals surface area contributed by atoms with E-state index in [1.807, 2.05) is 34.7 Å². The average Bonchev–Trinajstić information content (AvgIpc) is 3.72. The molecular formula is C32H35IN2O9. The summed E-state index contributed by atoms with van der Waals surface area (Å²) in [4.78, 5) is 40.6. The van der Waals surface area contributed by atoms with Crippen molar-refractivity contribution in [3.63, 3.8) is 0 Å². The number of rotatable bonds is 11. The molecule has 1 aromatic heterocycles. The molecule has 2 aliphatic rings. The van der Waals surface area contributed by atoms with Gasteiger partial charge in [-0.15, -0.1) is 0 Å². The molecular weight excluding hydrogens is 683 g/mol. The van der Waals surface area contributed by atoms with Crippen molar-refractivity contribution in [2.24, 2.45) is 0 Å². The van der Waals surface area contributed by atoms with Gasteiger partial charge in [0.25, 0.3) is 5.91 Å². The van der Waals surface area contributed by atoms with Gasteiger partial charge >= 0.3 is 0 Å². The Balaban J connectivity index is 1.56. The number of aldehydes is 1. The first-order chi connectivity index (χ1) is 21.3. The van der Waals surface area contributed by atoms with Crippen molar-refractivity contribution in [1.82, 2.24) is 10.2 Å². The van der Waals surface area contributed by atoms with E-state index in [0.29, 0.717) is 37.7 Å². The quantitative estimate of drug-likeness (QED) is 0.199. The summed E-state index contributed by atoms with van der Waals surface area (Å²) < 4.78 is 23.8. The maximum atomic E-state index is 14.3. The van der Waals surface area contributed by atoms with E-state index in [2.05, 4.69) is 5.32 Å². The highest BCUT2D eigenvalue weighted by molar-refractivity contribution is 14.1. The lowest BCUT2D eigenvalue weighted by Gasteiger charge is -2.43. The lowest BCUT2D eigenvalue weighted by Crippen LogP contribution is -2.57. The Morgan fingerprint density at radius 1 is 1.14 bits per heavy atom. The smallest absolute Gasteiger partial charge is 0.290 e. The van der Waals surface area contributed by atoms with Crippen molar-refractivity contribution in [3.05, 3.63) is 62.9 Å². The van der Waals surface area contributed by atoms with Crippen LogP contribution in [0.3, 0.4) is 0 Å². The van der Waals surface area contributed by atoms with Crippen molar-refractivity contribution < 1.29 is 43.2 Å². The number of carbonyl (C=O) groups is 3. The fraction of sp³-hybridized carbons (Fsp3) is 0.406. The van der Waals surface area contributed by atoms with Gasteiger partial charge in [-0.25, -0.2) is 0 Å². The van der Waals surface area contributed by atoms with E-state index in [1.165, 1.54) is 20.3 Å². The van der Waals surface area contributed by atoms with Crippen molar-refractivity contribution in [1.29, 1.82) is 0 Å². The molecule has 0 radical (unpaired) electrons. The second kappa shape index (κ2) is 14.0. The lowest BCUT2D eigenvalue weighted by molar-refractivity contribution is -0.118. The number of methoxy groups -OCH3 is 2. The van der Waals surface area contributed by atoms with Crippen molar-refractivity contribution >= 4 is 51.7 Å². The van der Waals surface area contributed by atoms with Gasteiger partial charge in [-0.3, -0.25) is 14.4 Å². The molecule has 0 saturated heterocycles. The molecule has 2 aliphatic carbocycles. The van der Waals surface area contributed by atoms with Crippen LogP contribution in [0.4, 0.5) is 0 Å². The van der Waals surface area contributed by atoms with Crippen molar-refractivity contribution in [3.8, 4) is 17.2 Å². The second-order valence-corrected chi connectivity index (χ2v) is 12.0. The Bertz CT molecular complexity index is 1560. The minimum absolute atomic E-state index is 0.0416. The number of nitrogens with one attached hydrogen (secondary N) is 1. The molecule has 0 spiro atoms. The van der Waals surface area contributed by atoms with Crippen LogP contribution in [0.5, 0.6) is 17.2 Å². The van der Waals surface area contributed by atoms with Gasteiger partial charge in [0.05, 0.1) is 30.4 Å². The number of fused-ring (bicyclic) bond motifs is 1. The van der Waals surface area contributed by atoms with Gasteiger partial charge in [-0.1, -0.05) is 25.0 Å². The van der Waals surface area contributed by atoms with Gasteiger partial charge in [-0.05, 0) is 65.8 Å². The predicted octanol–water partition coefficient (Wildman–Crippen LogP) is 3.87. The molecule has 0 aliphatic heterocycles. The number of furan rings is 1. The molecule has 1 saturated carbocycles. The standard InChI is InChI=1S/C32H35IN2O9/c1-41-24-9-5-6-19-15-27(44-29(19)24)32(40)35(21-7-3-4-8-21)23-14-20(31(39)34-10-11-36)16-25(28(23)38)43-30-22(33)12-18(17-37)13-26(30)42-2/h5-6,9,12-13,15-17,21,23,25,28,36,38H,3-4,7-8,10-11,14H2,1-2H3,(H,34,39)/t23-,25+,28+/m1/s1. The summed E-state index contributed by atoms with van der Waals surface area (Å²) in [5.41, 5.74) is 1.14. The number of aliphatic hydroxyl groups is 2. The average molecular weight is 719 g/mol. The molecule has 11 nitrogen and oxygen atoms in total. The highest BCUT2D eigenvalue weighted by Gasteiger charge is 2.44. The number of benzene rings is 2. The zero-order chi connectivity index (χ0) is 31.4. The summed E-state index contributed by atoms with van der Waals surface area (Å²) in [6.45, 7) is -0.203. The number of ether oxygens (including phenoxy) is 3. The summed E-state index contributed by atoms with van der Waals surface area (Å²) in [6, 6.07) is 9.17. The van der Waals surface area contributed by atoms with Crippen LogP contribution in [0.2, 0.25) is 0 Å². The van der Waals surface area contributed by atoms with Gasteiger partial charge in [0.1, 0.15) is 18.5 Å². The molecule has 12 heteroatoms. The molecule has 0 unspecified atom stereocenters. The van der Waals surface area contributed by atoms with Crippen LogP contribution in [0, 0.1) is 3.57 Å². The molecule has 5 rings (SSSR count). The Morgan fingerprint density at radius 3 is 2.57 bits per heavy atom. The van der Waals surface area contributed by atoms with Crippen LogP contribution in [0.15, 0.2) is 52.5 Å². The molecule has 234 valence electrons. The number of hydrogen-bond donors (Lipinski definition) is 3. The number of para-hydroxylation sites is 1. The first-order valence-corrected chi connectivity index (χ1v) is 15.5. The Labute approximate surface area is 268 Å². The molecule has 3 aromatic rings. The number of amides is 2. The maximum Gasteiger partial charge on any atom is 0.290 e. The fourth-order valence-corrected chi connectivity index (χ4v) is 6.76. The van der Waals surface area contributed by atoms with Crippen molar-refractivity contribution in [2.75, 3.05) is 27.4 Å². The fourth-order valence-electron chi connectivity index (χ4n) is 6.01. The van der Waals surface area contributed by atoms with Gasteiger partial charge < -0.3 is 39.1 Å². The van der Waals surface area contributed by atoms with Crippen LogP contribution >= 0.6 is 22.6 Å². The summed E-state index contributed by atoms with van der Waals surface area (Å²) in [5, 5.41) is 24.6. The third-order valence-corrected chi connectivity index (χ3v) is 8.91. The molecule has 3 N–H and O–H groups in total. The third-order valence-electron chi connectivity index (χ3n) is 8.10. The Kier molecular flexibility index (Phi) is 10.1. The minimum Gasteiger partial charge on any atom is -0.493 e. The van der Waals surface area contributed by atoms with Gasteiger partial charge in [-0.2, -0.15) is 0 Å². The predicted molar refractivity (Wildman–Crippen MR) is 169 cm³/mol. The molecule has 3 atom stereocenters. The normalized spacial score (nSPS) is 20.2. The summed E-state index contributed by atoms with van der Waals surface area (Å²) in [6.07, 6.45) is 3.31. The van der Waals surface area contributed by atoms with E-state index in [4.69, 9.17) is 18.6 Å². The first-order valence-electron chi connectivity index (χ1n) is 14.5. The van der Waals surface area contributed by atoms with E-state index in [1.54, 1.807) is 29.2 Å². The topological polar surface area (TPSA) is 148 Å². The lowest BCUT2D eigenvalue weighted by atomic mass is 9.87. The number of nitrogens with zero attached hydrogens (tertiary/aromatic N) is 1. The van der Waals surface area contributed by atoms with Gasteiger partial charge in [0.2, 0.25) is 5.91 Å². The molecule has 44 heavy (non-hydrogen) atoms. The van der Waals surface area contributed by atoms with E-state index in [0.717, 1.165) is 25.7 Å². The Morgan fingerprint density at radius 2 is 1.89 bits per heavy atom. The Hall–Kier alpha value is -3.62. The van der Waals surface area contributed by atoms with Crippen LogP contribution in [0.25, 0.3) is 11.0 Å². The largest absolute Gasteiger partial charge is 0.493 e. The summed E-state index contributed by atoms with van der Waals surface area (Å²) in [7, 11) is 2.97. The molecule has 1 heterocycles. The highest BCUT2D eigenvalue weighted by Crippen LogP contribution is 2.39. The number of carbonyl (C=O) groups excluding carboxylic acids is 3. The highest BCUT2D eigenvalue weighted by atomic mass is 127. The molecule has 2 aromatic carbocycles. The minimum atomic E-state index is -1.24. The number of aliphatic hydroxyl groups excluding tert-OH is 2. The van der Waals surface area contributed by atoms with Crippen LogP contribution in [-0.2, 0) is 4.79 Å². The second-order valence-electron chi connectivity index (χ2n) is 10.8. The van der Waals surface area contributed by atoms with E-state index in [9.17, 15) is 24.6 Å². The SMILES string of the molecule is COc1cc(C=O)cc(I)c1O[C@H]1C=C(C(=O)NCCO)C[C@@H](N(C(=O)c2cc3cccc(OC)c3o2)C2CCCC2)[C@@H]1O. The summed E-state index contributed by atoms with van der Waals surface area (Å²) in [5.74, 6) is 0.329. The summed E-state index contributed by atoms with van der Waals surface area (Å²) >= 11 is 2.02. The zero-order valence-electron chi connectivity index (χ0n) is 24.5. The molecule has 0 bridgehead atoms. The number of halogens is 1. The van der Waals surface area contributed by atoms with Gasteiger partial charge in [0, 0.05) is 35.5 Å². The van der Waals surface area contributed by atoms with Crippen LogP contribution in [-0.4, -0.2) is 84.9 Å².